The molecule has 2 aromatic carbocycles. The largest absolute Gasteiger partial charge is 0.467 e. The zero-order valence-corrected chi connectivity index (χ0v) is 14.0. The monoisotopic (exact) mass is 374 g/mol. The molecule has 2 heterocycles. The quantitative estimate of drug-likeness (QED) is 0.465. The van der Waals surface area contributed by atoms with Gasteiger partial charge < -0.3 is 9.47 Å². The van der Waals surface area contributed by atoms with Crippen LogP contribution in [0.3, 0.4) is 0 Å². The number of nitro benzene ring substituents is 1. The molecule has 2 aromatic rings. The second-order valence-electron chi connectivity index (χ2n) is 5.85. The molecule has 26 heavy (non-hydrogen) atoms. The first-order valence-electron chi connectivity index (χ1n) is 7.62. The molecule has 2 aliphatic heterocycles. The number of hydrogen-bond donors (Lipinski definition) is 0. The van der Waals surface area contributed by atoms with Crippen LogP contribution in [0.2, 0.25) is 5.02 Å². The lowest BCUT2D eigenvalue weighted by Gasteiger charge is -2.23. The Hall–Kier alpha value is -2.97. The van der Waals surface area contributed by atoms with Crippen molar-refractivity contribution in [2.75, 3.05) is 6.79 Å². The molecule has 0 fully saturated rings. The molecule has 0 atom stereocenters. The fourth-order valence-corrected chi connectivity index (χ4v) is 3.34. The topological polar surface area (TPSA) is 99.0 Å². The summed E-state index contributed by atoms with van der Waals surface area (Å²) in [6, 6.07) is 6.94. The van der Waals surface area contributed by atoms with Crippen LogP contribution in [0.1, 0.15) is 31.8 Å². The van der Waals surface area contributed by atoms with Gasteiger partial charge in [-0.15, -0.1) is 0 Å². The van der Waals surface area contributed by atoms with Crippen molar-refractivity contribution in [3.05, 3.63) is 67.7 Å². The Morgan fingerprint density at radius 3 is 2.69 bits per heavy atom. The van der Waals surface area contributed by atoms with Crippen LogP contribution >= 0.6 is 11.6 Å². The van der Waals surface area contributed by atoms with E-state index < -0.39 is 16.7 Å². The van der Waals surface area contributed by atoms with E-state index in [2.05, 4.69) is 0 Å². The van der Waals surface area contributed by atoms with Crippen molar-refractivity contribution in [2.45, 2.75) is 13.2 Å². The molecule has 2 amide bonds. The average molecular weight is 375 g/mol. The van der Waals surface area contributed by atoms with E-state index >= 15 is 0 Å². The highest BCUT2D eigenvalue weighted by Gasteiger charge is 2.37. The van der Waals surface area contributed by atoms with Gasteiger partial charge in [-0.1, -0.05) is 11.6 Å². The normalized spacial score (nSPS) is 15.5. The minimum atomic E-state index is -0.609. The highest BCUT2D eigenvalue weighted by atomic mass is 35.5. The van der Waals surface area contributed by atoms with Gasteiger partial charge in [0.2, 0.25) is 0 Å². The standard InChI is InChI=1S/C17H11ClN2O6/c18-11-3-9(15-10(4-11)7-25-8-26-15)6-19-16(21)13-2-1-12(20(23)24)5-14(13)17(19)22/h1-5H,6-8H2. The fourth-order valence-electron chi connectivity index (χ4n) is 3.08. The maximum atomic E-state index is 12.6. The Morgan fingerprint density at radius 2 is 1.92 bits per heavy atom. The molecule has 0 unspecified atom stereocenters. The summed E-state index contributed by atoms with van der Waals surface area (Å²) < 4.78 is 10.7. The minimum Gasteiger partial charge on any atom is -0.467 e. The van der Waals surface area contributed by atoms with Gasteiger partial charge in [0.1, 0.15) is 5.75 Å². The molecule has 0 bridgehead atoms. The molecule has 4 rings (SSSR count). The SMILES string of the molecule is O=C1c2ccc([N+](=O)[O-])cc2C(=O)N1Cc1cc(Cl)cc2c1OCOC2. The smallest absolute Gasteiger partial charge is 0.270 e. The van der Waals surface area contributed by atoms with Gasteiger partial charge >= 0.3 is 0 Å². The highest BCUT2D eigenvalue weighted by Crippen LogP contribution is 2.35. The molecule has 8 nitrogen and oxygen atoms in total. The number of halogens is 1. The number of ether oxygens (including phenoxy) is 2. The second kappa shape index (κ2) is 6.08. The molecule has 132 valence electrons. The first kappa shape index (κ1) is 16.5. The fraction of sp³-hybridized carbons (Fsp3) is 0.176. The van der Waals surface area contributed by atoms with Crippen LogP contribution < -0.4 is 4.74 Å². The maximum absolute atomic E-state index is 12.6. The number of non-ortho nitro benzene ring substituents is 1. The molecule has 0 N–H and O–H groups in total. The van der Waals surface area contributed by atoms with E-state index in [0.717, 1.165) is 16.5 Å². The van der Waals surface area contributed by atoms with Crippen LogP contribution in [0.4, 0.5) is 5.69 Å². The Labute approximate surface area is 152 Å². The number of carbonyl (C=O) groups is 2. The molecule has 0 radical (unpaired) electrons. The average Bonchev–Trinajstić information content (AvgIpc) is 2.86. The van der Waals surface area contributed by atoms with Gasteiger partial charge in [0.25, 0.3) is 17.5 Å². The van der Waals surface area contributed by atoms with E-state index in [1.54, 1.807) is 12.1 Å². The first-order valence-corrected chi connectivity index (χ1v) is 8.00. The summed E-state index contributed by atoms with van der Waals surface area (Å²) in [6.07, 6.45) is 0. The lowest BCUT2D eigenvalue weighted by molar-refractivity contribution is -0.384. The number of carbonyl (C=O) groups excluding carboxylic acids is 2. The van der Waals surface area contributed by atoms with Gasteiger partial charge in [0.15, 0.2) is 6.79 Å². The Bertz CT molecular complexity index is 974. The van der Waals surface area contributed by atoms with Crippen LogP contribution in [0.25, 0.3) is 0 Å². The summed E-state index contributed by atoms with van der Waals surface area (Å²) in [5, 5.41) is 11.3. The van der Waals surface area contributed by atoms with Crippen LogP contribution in [-0.4, -0.2) is 28.4 Å². The lowest BCUT2D eigenvalue weighted by Crippen LogP contribution is -2.29. The van der Waals surface area contributed by atoms with Crippen LogP contribution in [-0.2, 0) is 17.9 Å². The third-order valence-electron chi connectivity index (χ3n) is 4.25. The number of fused-ring (bicyclic) bond motifs is 2. The maximum Gasteiger partial charge on any atom is 0.270 e. The Morgan fingerprint density at radius 1 is 1.15 bits per heavy atom. The predicted octanol–water partition coefficient (Wildman–Crippen LogP) is 2.91. The zero-order chi connectivity index (χ0) is 18.4. The first-order chi connectivity index (χ1) is 12.5. The number of imide groups is 1. The third-order valence-corrected chi connectivity index (χ3v) is 4.46. The summed E-state index contributed by atoms with van der Waals surface area (Å²) >= 11 is 6.11. The minimum absolute atomic E-state index is 0.0179. The molecule has 2 aliphatic rings. The van der Waals surface area contributed by atoms with Crippen LogP contribution in [0.15, 0.2) is 30.3 Å². The molecular weight excluding hydrogens is 364 g/mol. The number of benzene rings is 2. The Kier molecular flexibility index (Phi) is 3.86. The molecule has 0 spiro atoms. The number of hydrogen-bond acceptors (Lipinski definition) is 6. The van der Waals surface area contributed by atoms with Gasteiger partial charge in [0.05, 0.1) is 29.2 Å². The van der Waals surface area contributed by atoms with Gasteiger partial charge in [-0.05, 0) is 18.2 Å². The van der Waals surface area contributed by atoms with Crippen molar-refractivity contribution >= 4 is 29.1 Å². The van der Waals surface area contributed by atoms with E-state index in [4.69, 9.17) is 21.1 Å². The molecule has 0 saturated heterocycles. The van der Waals surface area contributed by atoms with Crippen molar-refractivity contribution in [1.29, 1.82) is 0 Å². The summed E-state index contributed by atoms with van der Waals surface area (Å²) in [6.45, 7) is 0.330. The van der Waals surface area contributed by atoms with E-state index in [1.165, 1.54) is 12.1 Å². The van der Waals surface area contributed by atoms with Gasteiger partial charge in [-0.25, -0.2) is 0 Å². The number of amides is 2. The van der Waals surface area contributed by atoms with Crippen LogP contribution in [0, 0.1) is 10.1 Å². The van der Waals surface area contributed by atoms with Crippen molar-refractivity contribution in [2.24, 2.45) is 0 Å². The summed E-state index contributed by atoms with van der Waals surface area (Å²) in [5.41, 5.74) is 1.21. The summed E-state index contributed by atoms with van der Waals surface area (Å²) in [5.74, 6) is -0.571. The van der Waals surface area contributed by atoms with E-state index in [1.807, 2.05) is 0 Å². The molecule has 9 heteroatoms. The predicted molar refractivity (Wildman–Crippen MR) is 89.0 cm³/mol. The zero-order valence-electron chi connectivity index (χ0n) is 13.2. The second-order valence-corrected chi connectivity index (χ2v) is 6.28. The molecule has 0 aromatic heterocycles. The highest BCUT2D eigenvalue weighted by molar-refractivity contribution is 6.30. The molecule has 0 saturated carbocycles. The van der Waals surface area contributed by atoms with E-state index in [9.17, 15) is 19.7 Å². The van der Waals surface area contributed by atoms with Crippen molar-refractivity contribution < 1.29 is 24.0 Å². The van der Waals surface area contributed by atoms with Gasteiger partial charge in [-0.3, -0.25) is 24.6 Å². The van der Waals surface area contributed by atoms with E-state index in [0.29, 0.717) is 22.9 Å². The summed E-state index contributed by atoms with van der Waals surface area (Å²) in [4.78, 5) is 36.5. The van der Waals surface area contributed by atoms with Crippen LogP contribution in [0.5, 0.6) is 5.75 Å². The van der Waals surface area contributed by atoms with Crippen molar-refractivity contribution in [1.82, 2.24) is 4.90 Å². The number of rotatable bonds is 3. The molecule has 0 aliphatic carbocycles. The van der Waals surface area contributed by atoms with Gasteiger partial charge in [-0.2, -0.15) is 0 Å². The van der Waals surface area contributed by atoms with Crippen molar-refractivity contribution in [3.8, 4) is 5.75 Å². The summed E-state index contributed by atoms with van der Waals surface area (Å²) in [7, 11) is 0. The van der Waals surface area contributed by atoms with Gasteiger partial charge in [0, 0.05) is 28.3 Å². The third kappa shape index (κ3) is 2.59. The van der Waals surface area contributed by atoms with E-state index in [-0.39, 0.29) is 30.2 Å². The Balaban J connectivity index is 1.70. The number of nitrogens with zero attached hydrogens (tertiary/aromatic N) is 2. The van der Waals surface area contributed by atoms with Crippen molar-refractivity contribution in [3.63, 3.8) is 0 Å². The number of nitro groups is 1. The lowest BCUT2D eigenvalue weighted by atomic mass is 10.1. The molecular formula is C17H11ClN2O6.